The first-order chi connectivity index (χ1) is 9.77. The zero-order valence-corrected chi connectivity index (χ0v) is 11.4. The number of nitrogens with zero attached hydrogens (tertiary/aromatic N) is 3. The van der Waals surface area contributed by atoms with Gasteiger partial charge in [0.25, 0.3) is 0 Å². The number of hydrogen-bond acceptors (Lipinski definition) is 5. The highest BCUT2D eigenvalue weighted by Crippen LogP contribution is 2.31. The fourth-order valence-corrected chi connectivity index (χ4v) is 3.13. The van der Waals surface area contributed by atoms with Crippen LogP contribution in [0.5, 0.6) is 0 Å². The summed E-state index contributed by atoms with van der Waals surface area (Å²) in [7, 11) is 0. The van der Waals surface area contributed by atoms with Crippen LogP contribution < -0.4 is 5.32 Å². The number of aromatic carboxylic acids is 1. The quantitative estimate of drug-likeness (QED) is 0.851. The average Bonchev–Trinajstić information content (AvgIpc) is 2.94. The molecule has 0 aliphatic carbocycles. The topological polar surface area (TPSA) is 89.3 Å². The lowest BCUT2D eigenvalue weighted by Crippen LogP contribution is -2.30. The lowest BCUT2D eigenvalue weighted by atomic mass is 9.92. The summed E-state index contributed by atoms with van der Waals surface area (Å²) < 4.78 is 7.24. The van der Waals surface area contributed by atoms with E-state index in [1.807, 2.05) is 4.68 Å². The predicted molar refractivity (Wildman–Crippen MR) is 70.9 cm³/mol. The van der Waals surface area contributed by atoms with Gasteiger partial charge in [-0.3, -0.25) is 0 Å². The molecule has 3 heterocycles. The summed E-state index contributed by atoms with van der Waals surface area (Å²) in [6.45, 7) is 3.25. The molecule has 2 aliphatic heterocycles. The second-order valence-electron chi connectivity index (χ2n) is 5.44. The number of piperidine rings is 1. The molecule has 0 spiro atoms. The van der Waals surface area contributed by atoms with E-state index in [1.54, 1.807) is 0 Å². The van der Waals surface area contributed by atoms with Crippen molar-refractivity contribution in [3.63, 3.8) is 0 Å². The maximum atomic E-state index is 11.4. The van der Waals surface area contributed by atoms with Gasteiger partial charge in [-0.05, 0) is 38.8 Å². The molecule has 1 aromatic heterocycles. The molecule has 7 nitrogen and oxygen atoms in total. The van der Waals surface area contributed by atoms with Crippen molar-refractivity contribution in [2.45, 2.75) is 37.6 Å². The van der Waals surface area contributed by atoms with E-state index in [9.17, 15) is 9.90 Å². The Morgan fingerprint density at radius 3 is 2.60 bits per heavy atom. The molecule has 2 saturated heterocycles. The number of hydrogen-bond donors (Lipinski definition) is 2. The number of carboxylic acids is 1. The van der Waals surface area contributed by atoms with Gasteiger partial charge in [0.05, 0.1) is 11.7 Å². The van der Waals surface area contributed by atoms with E-state index in [-0.39, 0.29) is 17.7 Å². The molecule has 0 amide bonds. The molecule has 0 aromatic carbocycles. The van der Waals surface area contributed by atoms with Gasteiger partial charge in [0.15, 0.2) is 5.69 Å². The van der Waals surface area contributed by atoms with E-state index >= 15 is 0 Å². The molecule has 3 rings (SSSR count). The third kappa shape index (κ3) is 2.55. The summed E-state index contributed by atoms with van der Waals surface area (Å²) in [5.41, 5.74) is 0.939. The maximum Gasteiger partial charge on any atom is 0.358 e. The number of rotatable bonds is 3. The highest BCUT2D eigenvalue weighted by atomic mass is 16.5. The standard InChI is InChI=1S/C13H20N4O3/c18-13(19)11-12(9-1-5-14-6-2-9)17(16-15-11)10-3-7-20-8-4-10/h9-10,14H,1-8H2,(H,18,19). The minimum Gasteiger partial charge on any atom is -0.476 e. The van der Waals surface area contributed by atoms with Gasteiger partial charge >= 0.3 is 5.97 Å². The molecule has 2 fully saturated rings. The molecule has 2 aliphatic rings. The first kappa shape index (κ1) is 13.5. The zero-order chi connectivity index (χ0) is 13.9. The molecule has 0 atom stereocenters. The Hall–Kier alpha value is -1.47. The van der Waals surface area contributed by atoms with Crippen molar-refractivity contribution in [1.29, 1.82) is 0 Å². The average molecular weight is 280 g/mol. The van der Waals surface area contributed by atoms with Crippen molar-refractivity contribution in [1.82, 2.24) is 20.3 Å². The van der Waals surface area contributed by atoms with Crippen LogP contribution in [0.4, 0.5) is 0 Å². The Labute approximate surface area is 117 Å². The highest BCUT2D eigenvalue weighted by Gasteiger charge is 2.31. The molecule has 0 bridgehead atoms. The largest absolute Gasteiger partial charge is 0.476 e. The lowest BCUT2D eigenvalue weighted by Gasteiger charge is -2.28. The minimum atomic E-state index is -0.975. The molecule has 1 aromatic rings. The van der Waals surface area contributed by atoms with Crippen LogP contribution in [0.15, 0.2) is 0 Å². The highest BCUT2D eigenvalue weighted by molar-refractivity contribution is 5.86. The van der Waals surface area contributed by atoms with Crippen LogP contribution >= 0.6 is 0 Å². The molecule has 110 valence electrons. The molecular weight excluding hydrogens is 260 g/mol. The Balaban J connectivity index is 1.94. The van der Waals surface area contributed by atoms with E-state index < -0.39 is 5.97 Å². The fourth-order valence-electron chi connectivity index (χ4n) is 3.13. The van der Waals surface area contributed by atoms with Crippen molar-refractivity contribution in [3.05, 3.63) is 11.4 Å². The number of aromatic nitrogens is 3. The monoisotopic (exact) mass is 280 g/mol. The van der Waals surface area contributed by atoms with Gasteiger partial charge in [0, 0.05) is 19.1 Å². The van der Waals surface area contributed by atoms with Crippen molar-refractivity contribution < 1.29 is 14.6 Å². The fraction of sp³-hybridized carbons (Fsp3) is 0.769. The third-order valence-electron chi connectivity index (χ3n) is 4.20. The summed E-state index contributed by atoms with van der Waals surface area (Å²) in [6.07, 6.45) is 3.63. The SMILES string of the molecule is O=C(O)c1nnn(C2CCOCC2)c1C1CCNCC1. The maximum absolute atomic E-state index is 11.4. The minimum absolute atomic E-state index is 0.128. The smallest absolute Gasteiger partial charge is 0.358 e. The van der Waals surface area contributed by atoms with Crippen LogP contribution in [0.1, 0.15) is 53.8 Å². The van der Waals surface area contributed by atoms with E-state index in [0.717, 1.165) is 44.5 Å². The molecular formula is C13H20N4O3. The van der Waals surface area contributed by atoms with Gasteiger partial charge in [-0.15, -0.1) is 5.10 Å². The molecule has 0 unspecified atom stereocenters. The van der Waals surface area contributed by atoms with Gasteiger partial charge in [-0.25, -0.2) is 9.48 Å². The van der Waals surface area contributed by atoms with E-state index in [1.165, 1.54) is 0 Å². The summed E-state index contributed by atoms with van der Waals surface area (Å²) in [4.78, 5) is 11.4. The van der Waals surface area contributed by atoms with E-state index in [0.29, 0.717) is 13.2 Å². The molecule has 0 saturated carbocycles. The third-order valence-corrected chi connectivity index (χ3v) is 4.20. The number of nitrogens with one attached hydrogen (secondary N) is 1. The first-order valence-electron chi connectivity index (χ1n) is 7.24. The van der Waals surface area contributed by atoms with Gasteiger partial charge in [0.2, 0.25) is 0 Å². The van der Waals surface area contributed by atoms with Crippen molar-refractivity contribution in [2.24, 2.45) is 0 Å². The number of ether oxygens (including phenoxy) is 1. The van der Waals surface area contributed by atoms with Crippen LogP contribution in [0.2, 0.25) is 0 Å². The second-order valence-corrected chi connectivity index (χ2v) is 5.44. The summed E-state index contributed by atoms with van der Waals surface area (Å²) >= 11 is 0. The van der Waals surface area contributed by atoms with Crippen molar-refractivity contribution >= 4 is 5.97 Å². The Kier molecular flexibility index (Phi) is 3.98. The molecule has 2 N–H and O–H groups in total. The summed E-state index contributed by atoms with van der Waals surface area (Å²) in [5, 5.41) is 20.7. The summed E-state index contributed by atoms with van der Waals surface area (Å²) in [6, 6.07) is 0.217. The lowest BCUT2D eigenvalue weighted by molar-refractivity contribution is 0.0641. The van der Waals surface area contributed by atoms with Crippen LogP contribution in [-0.4, -0.2) is 52.4 Å². The number of carbonyl (C=O) groups is 1. The van der Waals surface area contributed by atoms with Gasteiger partial charge in [-0.1, -0.05) is 5.21 Å². The summed E-state index contributed by atoms with van der Waals surface area (Å²) in [5.74, 6) is -0.739. The molecule has 0 radical (unpaired) electrons. The Bertz CT molecular complexity index is 476. The Morgan fingerprint density at radius 2 is 1.95 bits per heavy atom. The molecule has 20 heavy (non-hydrogen) atoms. The normalized spacial score (nSPS) is 22.0. The van der Waals surface area contributed by atoms with Crippen LogP contribution in [0.3, 0.4) is 0 Å². The van der Waals surface area contributed by atoms with Gasteiger partial charge in [-0.2, -0.15) is 0 Å². The number of carboxylic acid groups (broad SMARTS) is 1. The van der Waals surface area contributed by atoms with Crippen molar-refractivity contribution in [3.8, 4) is 0 Å². The first-order valence-corrected chi connectivity index (χ1v) is 7.24. The van der Waals surface area contributed by atoms with Crippen LogP contribution in [0, 0.1) is 0 Å². The van der Waals surface area contributed by atoms with Crippen LogP contribution in [-0.2, 0) is 4.74 Å². The van der Waals surface area contributed by atoms with Gasteiger partial charge < -0.3 is 15.2 Å². The van der Waals surface area contributed by atoms with Crippen LogP contribution in [0.25, 0.3) is 0 Å². The van der Waals surface area contributed by atoms with E-state index in [2.05, 4.69) is 15.6 Å². The predicted octanol–water partition coefficient (Wildman–Crippen LogP) is 0.795. The second kappa shape index (κ2) is 5.88. The zero-order valence-electron chi connectivity index (χ0n) is 11.4. The van der Waals surface area contributed by atoms with Gasteiger partial charge in [0.1, 0.15) is 0 Å². The van der Waals surface area contributed by atoms with E-state index in [4.69, 9.17) is 4.74 Å². The molecule has 7 heteroatoms. The van der Waals surface area contributed by atoms with Crippen molar-refractivity contribution in [2.75, 3.05) is 26.3 Å². The Morgan fingerprint density at radius 1 is 1.25 bits per heavy atom.